The van der Waals surface area contributed by atoms with Crippen molar-refractivity contribution in [3.8, 4) is 5.75 Å². The first-order valence-electron chi connectivity index (χ1n) is 8.04. The lowest BCUT2D eigenvalue weighted by atomic mass is 10.0. The van der Waals surface area contributed by atoms with Crippen molar-refractivity contribution in [3.05, 3.63) is 24.0 Å². The minimum absolute atomic E-state index is 0.135. The van der Waals surface area contributed by atoms with Crippen molar-refractivity contribution in [1.82, 2.24) is 15.2 Å². The molecule has 1 aromatic rings. The Morgan fingerprint density at radius 1 is 1.36 bits per heavy atom. The van der Waals surface area contributed by atoms with E-state index in [1.165, 1.54) is 0 Å². The predicted molar refractivity (Wildman–Crippen MR) is 84.2 cm³/mol. The number of carbonyl (C=O) groups excluding carboxylic acids is 1. The van der Waals surface area contributed by atoms with E-state index in [1.807, 2.05) is 0 Å². The van der Waals surface area contributed by atoms with E-state index in [1.54, 1.807) is 18.7 Å². The molecule has 0 spiro atoms. The summed E-state index contributed by atoms with van der Waals surface area (Å²) in [4.78, 5) is 28.2. The standard InChI is InChI=1S/C16H21F2N3O4/c1-9(2)13(20-16(23)24)15(22)21-5-3-10(4-6-21)25-11-7-12(17)14(18)19-8-11/h7-10,13,20H,3-6H2,1-2H3,(H,23,24)/t13-/m0/s1. The third-order valence-electron chi connectivity index (χ3n) is 4.04. The van der Waals surface area contributed by atoms with Gasteiger partial charge in [0.1, 0.15) is 17.9 Å². The van der Waals surface area contributed by atoms with E-state index in [-0.39, 0.29) is 23.7 Å². The molecular weight excluding hydrogens is 336 g/mol. The Balaban J connectivity index is 1.90. The van der Waals surface area contributed by atoms with Crippen LogP contribution in [0.1, 0.15) is 26.7 Å². The molecule has 1 aliphatic rings. The van der Waals surface area contributed by atoms with Crippen LogP contribution < -0.4 is 10.1 Å². The smallest absolute Gasteiger partial charge is 0.405 e. The maximum Gasteiger partial charge on any atom is 0.405 e. The third-order valence-corrected chi connectivity index (χ3v) is 4.04. The molecule has 2 rings (SSSR count). The number of halogens is 2. The summed E-state index contributed by atoms with van der Waals surface area (Å²) in [6.07, 6.45) is 0.629. The van der Waals surface area contributed by atoms with Crippen molar-refractivity contribution in [1.29, 1.82) is 0 Å². The van der Waals surface area contributed by atoms with Gasteiger partial charge < -0.3 is 20.1 Å². The molecule has 0 aliphatic carbocycles. The van der Waals surface area contributed by atoms with E-state index >= 15 is 0 Å². The average molecular weight is 357 g/mol. The number of rotatable bonds is 5. The molecule has 0 radical (unpaired) electrons. The monoisotopic (exact) mass is 357 g/mol. The highest BCUT2D eigenvalue weighted by molar-refractivity contribution is 5.85. The second-order valence-corrected chi connectivity index (χ2v) is 6.26. The van der Waals surface area contributed by atoms with Gasteiger partial charge in [-0.3, -0.25) is 4.79 Å². The Bertz CT molecular complexity index is 634. The van der Waals surface area contributed by atoms with Gasteiger partial charge in [0.05, 0.1) is 6.20 Å². The molecule has 0 bridgehead atoms. The van der Waals surface area contributed by atoms with Crippen LogP contribution in [0.25, 0.3) is 0 Å². The van der Waals surface area contributed by atoms with Crippen LogP contribution in [0.3, 0.4) is 0 Å². The zero-order valence-corrected chi connectivity index (χ0v) is 14.0. The molecule has 0 unspecified atom stereocenters. The van der Waals surface area contributed by atoms with Crippen molar-refractivity contribution in [3.63, 3.8) is 0 Å². The molecule has 1 saturated heterocycles. The number of ether oxygens (including phenoxy) is 1. The van der Waals surface area contributed by atoms with Gasteiger partial charge in [-0.25, -0.2) is 14.2 Å². The Labute approximate surface area is 144 Å². The van der Waals surface area contributed by atoms with Crippen LogP contribution >= 0.6 is 0 Å². The van der Waals surface area contributed by atoms with Gasteiger partial charge >= 0.3 is 6.09 Å². The summed E-state index contributed by atoms with van der Waals surface area (Å²) in [5.41, 5.74) is 0. The number of hydrogen-bond acceptors (Lipinski definition) is 4. The first kappa shape index (κ1) is 18.9. The van der Waals surface area contributed by atoms with Crippen LogP contribution in [0.4, 0.5) is 13.6 Å². The number of amides is 2. The second kappa shape index (κ2) is 8.09. The number of nitrogens with one attached hydrogen (secondary N) is 1. The predicted octanol–water partition coefficient (Wildman–Crippen LogP) is 2.02. The quantitative estimate of drug-likeness (QED) is 0.787. The topological polar surface area (TPSA) is 91.8 Å². The fourth-order valence-electron chi connectivity index (χ4n) is 2.70. The molecule has 1 atom stereocenters. The highest BCUT2D eigenvalue weighted by atomic mass is 19.2. The Morgan fingerprint density at radius 3 is 2.52 bits per heavy atom. The van der Waals surface area contributed by atoms with E-state index in [4.69, 9.17) is 9.84 Å². The lowest BCUT2D eigenvalue weighted by Gasteiger charge is -2.35. The van der Waals surface area contributed by atoms with Crippen molar-refractivity contribution < 1.29 is 28.2 Å². The maximum absolute atomic E-state index is 13.1. The highest BCUT2D eigenvalue weighted by Crippen LogP contribution is 2.21. The normalized spacial score (nSPS) is 16.6. The van der Waals surface area contributed by atoms with Crippen molar-refractivity contribution in [2.24, 2.45) is 5.92 Å². The van der Waals surface area contributed by atoms with Gasteiger partial charge in [0.15, 0.2) is 5.82 Å². The summed E-state index contributed by atoms with van der Waals surface area (Å²) in [5, 5.41) is 11.1. The zero-order valence-electron chi connectivity index (χ0n) is 14.0. The summed E-state index contributed by atoms with van der Waals surface area (Å²) in [6, 6.07) is 0.135. The van der Waals surface area contributed by atoms with Gasteiger partial charge in [-0.05, 0) is 5.92 Å². The largest absolute Gasteiger partial charge is 0.489 e. The summed E-state index contributed by atoms with van der Waals surface area (Å²) in [7, 11) is 0. The molecule has 1 aliphatic heterocycles. The lowest BCUT2D eigenvalue weighted by Crippen LogP contribution is -2.53. The number of piperidine rings is 1. The first-order valence-corrected chi connectivity index (χ1v) is 8.04. The number of nitrogens with zero attached hydrogens (tertiary/aromatic N) is 2. The van der Waals surface area contributed by atoms with E-state index in [9.17, 15) is 18.4 Å². The molecule has 0 saturated carbocycles. The number of aromatic nitrogens is 1. The van der Waals surface area contributed by atoms with Gasteiger partial charge in [0.25, 0.3) is 0 Å². The van der Waals surface area contributed by atoms with Crippen LogP contribution in [0.2, 0.25) is 0 Å². The summed E-state index contributed by atoms with van der Waals surface area (Å²) in [6.45, 7) is 4.32. The van der Waals surface area contributed by atoms with E-state index in [2.05, 4.69) is 10.3 Å². The molecule has 25 heavy (non-hydrogen) atoms. The van der Waals surface area contributed by atoms with Gasteiger partial charge in [-0.15, -0.1) is 0 Å². The van der Waals surface area contributed by atoms with E-state index in [0.717, 1.165) is 12.3 Å². The second-order valence-electron chi connectivity index (χ2n) is 6.26. The first-order chi connectivity index (χ1) is 11.8. The third kappa shape index (κ3) is 5.01. The fourth-order valence-corrected chi connectivity index (χ4v) is 2.70. The number of likely N-dealkylation sites (tertiary alicyclic amines) is 1. The van der Waals surface area contributed by atoms with Gasteiger partial charge in [0, 0.05) is 32.0 Å². The number of carbonyl (C=O) groups is 2. The van der Waals surface area contributed by atoms with Crippen molar-refractivity contribution >= 4 is 12.0 Å². The van der Waals surface area contributed by atoms with Crippen molar-refractivity contribution in [2.75, 3.05) is 13.1 Å². The van der Waals surface area contributed by atoms with Crippen LogP contribution in [-0.4, -0.2) is 52.2 Å². The molecule has 1 aromatic heterocycles. The molecular formula is C16H21F2N3O4. The van der Waals surface area contributed by atoms with Crippen LogP contribution in [0.5, 0.6) is 5.75 Å². The molecule has 7 nitrogen and oxygen atoms in total. The zero-order chi connectivity index (χ0) is 18.6. The highest BCUT2D eigenvalue weighted by Gasteiger charge is 2.31. The SMILES string of the molecule is CC(C)[C@H](NC(=O)O)C(=O)N1CCC(Oc2cnc(F)c(F)c2)CC1. The molecule has 2 amide bonds. The Morgan fingerprint density at radius 2 is 2.00 bits per heavy atom. The van der Waals surface area contributed by atoms with Gasteiger partial charge in [-0.1, -0.05) is 13.8 Å². The van der Waals surface area contributed by atoms with Gasteiger partial charge in [0.2, 0.25) is 11.9 Å². The van der Waals surface area contributed by atoms with Crippen LogP contribution in [0, 0.1) is 17.7 Å². The van der Waals surface area contributed by atoms with E-state index < -0.39 is 23.9 Å². The number of pyridine rings is 1. The maximum atomic E-state index is 13.1. The fraction of sp³-hybridized carbons (Fsp3) is 0.562. The van der Waals surface area contributed by atoms with Crippen LogP contribution in [-0.2, 0) is 4.79 Å². The Hall–Kier alpha value is -2.45. The molecule has 9 heteroatoms. The molecule has 1 fully saturated rings. The van der Waals surface area contributed by atoms with Crippen molar-refractivity contribution in [2.45, 2.75) is 38.8 Å². The number of hydrogen-bond donors (Lipinski definition) is 2. The molecule has 0 aromatic carbocycles. The summed E-state index contributed by atoms with van der Waals surface area (Å²) in [5.74, 6) is -2.57. The average Bonchev–Trinajstić information content (AvgIpc) is 2.56. The Kier molecular flexibility index (Phi) is 6.11. The lowest BCUT2D eigenvalue weighted by molar-refractivity contribution is -0.136. The molecule has 2 heterocycles. The molecule has 2 N–H and O–H groups in total. The van der Waals surface area contributed by atoms with Crippen LogP contribution in [0.15, 0.2) is 12.3 Å². The minimum atomic E-state index is -1.24. The van der Waals surface area contributed by atoms with E-state index in [0.29, 0.717) is 25.9 Å². The summed E-state index contributed by atoms with van der Waals surface area (Å²) < 4.78 is 31.5. The number of carboxylic acid groups (broad SMARTS) is 1. The van der Waals surface area contributed by atoms with Gasteiger partial charge in [-0.2, -0.15) is 4.39 Å². The molecule has 138 valence electrons. The minimum Gasteiger partial charge on any atom is -0.489 e. The summed E-state index contributed by atoms with van der Waals surface area (Å²) >= 11 is 0.